The van der Waals surface area contributed by atoms with Crippen molar-refractivity contribution in [2.45, 2.75) is 24.9 Å². The molecule has 2 aliphatic rings. The molecule has 2 heterocycles. The third kappa shape index (κ3) is 2.16. The molecule has 4 heteroatoms. The van der Waals surface area contributed by atoms with Gasteiger partial charge in [-0.05, 0) is 5.56 Å². The molecule has 0 radical (unpaired) electrons. The fraction of sp³-hybridized carbons (Fsp3) is 0.429. The number of carbonyl (C=O) groups excluding carboxylic acids is 2. The lowest BCUT2D eigenvalue weighted by atomic mass is 9.95. The van der Waals surface area contributed by atoms with Crippen LogP contribution in [0.5, 0.6) is 0 Å². The molecule has 4 nitrogen and oxygen atoms in total. The number of benzene rings is 1. The Morgan fingerprint density at radius 1 is 1.17 bits per heavy atom. The van der Waals surface area contributed by atoms with Crippen molar-refractivity contribution in [3.63, 3.8) is 0 Å². The highest BCUT2D eigenvalue weighted by molar-refractivity contribution is 6.01. The van der Waals surface area contributed by atoms with Crippen LogP contribution in [0.3, 0.4) is 0 Å². The molecule has 18 heavy (non-hydrogen) atoms. The molecule has 94 valence electrons. The van der Waals surface area contributed by atoms with Crippen LogP contribution in [0.15, 0.2) is 30.3 Å². The first-order valence-corrected chi connectivity index (χ1v) is 6.25. The molecule has 2 atom stereocenters. The van der Waals surface area contributed by atoms with Gasteiger partial charge in [-0.15, -0.1) is 0 Å². The van der Waals surface area contributed by atoms with E-state index in [1.807, 2.05) is 30.3 Å². The van der Waals surface area contributed by atoms with Gasteiger partial charge in [0.05, 0.1) is 12.7 Å². The summed E-state index contributed by atoms with van der Waals surface area (Å²) in [7, 11) is 0. The maximum Gasteiger partial charge on any atom is 0.229 e. The number of hydrogen-bond donors (Lipinski definition) is 0. The molecule has 0 bridgehead atoms. The van der Waals surface area contributed by atoms with Crippen molar-refractivity contribution in [3.8, 4) is 0 Å². The van der Waals surface area contributed by atoms with Gasteiger partial charge in [0.2, 0.25) is 11.8 Å². The smallest absolute Gasteiger partial charge is 0.229 e. The Hall–Kier alpha value is -1.68. The second kappa shape index (κ2) is 4.53. The highest BCUT2D eigenvalue weighted by atomic mass is 16.6. The zero-order valence-electron chi connectivity index (χ0n) is 10.0. The topological polar surface area (TPSA) is 49.9 Å². The molecule has 0 aliphatic carbocycles. The number of rotatable bonds is 4. The Labute approximate surface area is 106 Å². The largest absolute Gasteiger partial charge is 0.372 e. The molecule has 0 spiro atoms. The molecule has 0 aromatic heterocycles. The van der Waals surface area contributed by atoms with E-state index in [4.69, 9.17) is 4.74 Å². The summed E-state index contributed by atoms with van der Waals surface area (Å²) in [6.45, 7) is 1.17. The fourth-order valence-electron chi connectivity index (χ4n) is 2.45. The maximum absolute atomic E-state index is 11.7. The van der Waals surface area contributed by atoms with E-state index >= 15 is 0 Å². The average molecular weight is 245 g/mol. The van der Waals surface area contributed by atoms with Crippen molar-refractivity contribution in [2.24, 2.45) is 0 Å². The molecule has 3 rings (SSSR count). The molecule has 2 saturated heterocycles. The molecule has 2 aliphatic heterocycles. The quantitative estimate of drug-likeness (QED) is 0.593. The molecule has 1 aromatic carbocycles. The lowest BCUT2D eigenvalue weighted by molar-refractivity contribution is -0.138. The van der Waals surface area contributed by atoms with Crippen molar-refractivity contribution in [1.82, 2.24) is 4.90 Å². The standard InChI is InChI=1S/C14H15NO3/c16-13-6-7-14(17)15(13)8-11(12-9-18-12)10-4-2-1-3-5-10/h1-5,11-12H,6-9H2. The van der Waals surface area contributed by atoms with Crippen LogP contribution in [-0.2, 0) is 14.3 Å². The maximum atomic E-state index is 11.7. The van der Waals surface area contributed by atoms with Gasteiger partial charge in [-0.25, -0.2) is 0 Å². The second-order valence-corrected chi connectivity index (χ2v) is 4.79. The first-order chi connectivity index (χ1) is 8.75. The number of epoxide rings is 1. The first kappa shape index (κ1) is 11.4. The highest BCUT2D eigenvalue weighted by Gasteiger charge is 2.39. The van der Waals surface area contributed by atoms with Gasteiger partial charge in [0.1, 0.15) is 0 Å². The van der Waals surface area contributed by atoms with Crippen LogP contribution in [-0.4, -0.2) is 36.0 Å². The molecule has 2 unspecified atom stereocenters. The fourth-order valence-corrected chi connectivity index (χ4v) is 2.45. The zero-order chi connectivity index (χ0) is 12.5. The first-order valence-electron chi connectivity index (χ1n) is 6.25. The normalized spacial score (nSPS) is 24.4. The van der Waals surface area contributed by atoms with Crippen molar-refractivity contribution in [3.05, 3.63) is 35.9 Å². The molecule has 2 amide bonds. The van der Waals surface area contributed by atoms with Gasteiger partial charge in [-0.3, -0.25) is 14.5 Å². The Balaban J connectivity index is 1.79. The molecular weight excluding hydrogens is 230 g/mol. The predicted molar refractivity (Wildman–Crippen MR) is 64.9 cm³/mol. The molecule has 0 N–H and O–H groups in total. The molecule has 2 fully saturated rings. The van der Waals surface area contributed by atoms with Crippen LogP contribution in [0.4, 0.5) is 0 Å². The minimum atomic E-state index is -0.0541. The second-order valence-electron chi connectivity index (χ2n) is 4.79. The SMILES string of the molecule is O=C1CCC(=O)N1CC(c1ccccc1)C1CO1. The number of amides is 2. The van der Waals surface area contributed by atoms with E-state index in [1.54, 1.807) is 0 Å². The van der Waals surface area contributed by atoms with Crippen LogP contribution in [0.1, 0.15) is 24.3 Å². The third-order valence-electron chi connectivity index (χ3n) is 3.57. The van der Waals surface area contributed by atoms with Crippen molar-refractivity contribution in [2.75, 3.05) is 13.2 Å². The Morgan fingerprint density at radius 2 is 1.78 bits per heavy atom. The van der Waals surface area contributed by atoms with E-state index in [-0.39, 0.29) is 23.8 Å². The summed E-state index contributed by atoms with van der Waals surface area (Å²) in [5.41, 5.74) is 1.13. The number of hydrogen-bond acceptors (Lipinski definition) is 3. The van der Waals surface area contributed by atoms with Crippen molar-refractivity contribution in [1.29, 1.82) is 0 Å². The summed E-state index contributed by atoms with van der Waals surface area (Å²) in [4.78, 5) is 24.7. The number of ether oxygens (including phenoxy) is 1. The lowest BCUT2D eigenvalue weighted by Gasteiger charge is -2.21. The minimum absolute atomic E-state index is 0.0541. The van der Waals surface area contributed by atoms with E-state index < -0.39 is 0 Å². The van der Waals surface area contributed by atoms with Crippen LogP contribution in [0.25, 0.3) is 0 Å². The summed E-state index contributed by atoms with van der Waals surface area (Å²) < 4.78 is 5.36. The number of nitrogens with zero attached hydrogens (tertiary/aromatic N) is 1. The van der Waals surface area contributed by atoms with Crippen molar-refractivity contribution >= 4 is 11.8 Å². The molecular formula is C14H15NO3. The summed E-state index contributed by atoms with van der Waals surface area (Å²) >= 11 is 0. The summed E-state index contributed by atoms with van der Waals surface area (Å²) in [6, 6.07) is 9.95. The van der Waals surface area contributed by atoms with Crippen molar-refractivity contribution < 1.29 is 14.3 Å². The lowest BCUT2D eigenvalue weighted by Crippen LogP contribution is -2.34. The predicted octanol–water partition coefficient (Wildman–Crippen LogP) is 1.32. The van der Waals surface area contributed by atoms with Gasteiger partial charge in [0.15, 0.2) is 0 Å². The Bertz CT molecular complexity index is 451. The monoisotopic (exact) mass is 245 g/mol. The molecule has 0 saturated carbocycles. The zero-order valence-corrected chi connectivity index (χ0v) is 10.0. The van der Waals surface area contributed by atoms with Gasteiger partial charge >= 0.3 is 0 Å². The van der Waals surface area contributed by atoms with Gasteiger partial charge in [0.25, 0.3) is 0 Å². The van der Waals surface area contributed by atoms with E-state index in [9.17, 15) is 9.59 Å². The van der Waals surface area contributed by atoms with Crippen LogP contribution >= 0.6 is 0 Å². The summed E-state index contributed by atoms with van der Waals surface area (Å²) in [5, 5.41) is 0. The number of carbonyl (C=O) groups is 2. The third-order valence-corrected chi connectivity index (χ3v) is 3.57. The summed E-state index contributed by atoms with van der Waals surface area (Å²) in [5.74, 6) is 0.000335. The Kier molecular flexibility index (Phi) is 2.88. The van der Waals surface area contributed by atoms with Crippen LogP contribution < -0.4 is 0 Å². The van der Waals surface area contributed by atoms with Crippen LogP contribution in [0, 0.1) is 0 Å². The highest BCUT2D eigenvalue weighted by Crippen LogP contribution is 2.31. The number of likely N-dealkylation sites (tertiary alicyclic amines) is 1. The molecule has 1 aromatic rings. The van der Waals surface area contributed by atoms with Crippen LogP contribution in [0.2, 0.25) is 0 Å². The van der Waals surface area contributed by atoms with E-state index in [0.29, 0.717) is 19.4 Å². The van der Waals surface area contributed by atoms with E-state index in [1.165, 1.54) is 4.90 Å². The van der Waals surface area contributed by atoms with Gasteiger partial charge in [-0.2, -0.15) is 0 Å². The van der Waals surface area contributed by atoms with Gasteiger partial charge in [-0.1, -0.05) is 30.3 Å². The summed E-state index contributed by atoms with van der Waals surface area (Å²) in [6.07, 6.45) is 0.853. The Morgan fingerprint density at radius 3 is 2.33 bits per heavy atom. The van der Waals surface area contributed by atoms with Gasteiger partial charge in [0, 0.05) is 25.3 Å². The van der Waals surface area contributed by atoms with Gasteiger partial charge < -0.3 is 4.74 Å². The number of imide groups is 1. The van der Waals surface area contributed by atoms with E-state index in [2.05, 4.69) is 0 Å². The average Bonchev–Trinajstić information content (AvgIpc) is 3.18. The van der Waals surface area contributed by atoms with E-state index in [0.717, 1.165) is 12.2 Å². The minimum Gasteiger partial charge on any atom is -0.372 e.